The number of hydrogen-bond donors (Lipinski definition) is 1. The molecule has 1 N–H and O–H groups in total. The molecule has 0 aliphatic rings. The van der Waals surface area contributed by atoms with Gasteiger partial charge in [-0.2, -0.15) is 0 Å². The molecule has 0 aliphatic carbocycles. The van der Waals surface area contributed by atoms with Gasteiger partial charge in [-0.05, 0) is 44.9 Å². The van der Waals surface area contributed by atoms with Crippen molar-refractivity contribution < 1.29 is 9.90 Å². The second kappa shape index (κ2) is 19.0. The Kier molecular flexibility index (Phi) is 17.3. The maximum Gasteiger partial charge on any atom is 0.303 e. The number of rotatable bonds is 14. The molecular formula is C22H32O2. The Morgan fingerprint density at radius 1 is 0.708 bits per heavy atom. The molecule has 132 valence electrons. The highest BCUT2D eigenvalue weighted by molar-refractivity contribution is 5.66. The van der Waals surface area contributed by atoms with Crippen LogP contribution in [-0.4, -0.2) is 11.1 Å². The Morgan fingerprint density at radius 3 is 1.92 bits per heavy atom. The Labute approximate surface area is 147 Å². The highest BCUT2D eigenvalue weighted by Crippen LogP contribution is 2.02. The third-order valence-corrected chi connectivity index (χ3v) is 3.19. The number of hydrogen-bond acceptors (Lipinski definition) is 1. The van der Waals surface area contributed by atoms with Gasteiger partial charge in [-0.1, -0.05) is 79.8 Å². The van der Waals surface area contributed by atoms with E-state index < -0.39 is 5.97 Å². The summed E-state index contributed by atoms with van der Waals surface area (Å²) in [5.74, 6) is -0.758. The minimum atomic E-state index is -0.758. The first kappa shape index (κ1) is 21.9. The van der Waals surface area contributed by atoms with Gasteiger partial charge in [0, 0.05) is 6.42 Å². The molecular weight excluding hydrogens is 296 g/mol. The van der Waals surface area contributed by atoms with Crippen LogP contribution < -0.4 is 0 Å². The van der Waals surface area contributed by atoms with Gasteiger partial charge in [-0.3, -0.25) is 4.79 Å². The summed E-state index contributed by atoms with van der Waals surface area (Å²) in [5, 5.41) is 8.48. The third-order valence-electron chi connectivity index (χ3n) is 3.19. The molecule has 0 rings (SSSR count). The van der Waals surface area contributed by atoms with Gasteiger partial charge in [-0.15, -0.1) is 0 Å². The molecule has 0 heterocycles. The zero-order valence-corrected chi connectivity index (χ0v) is 14.9. The van der Waals surface area contributed by atoms with Crippen LogP contribution in [0.1, 0.15) is 58.3 Å². The standard InChI is InChI=1S/C22H32O2/c1-2-3-4-5-6-7-8-9-10-11-12-13-14-15-16-17-18-19-20-21-22(23)24/h3-4,9-10,12-19H,2,5-8,11,20-21H2,1H3,(H,23,24)/b4-3-,10-9-,13-12-,15-14+,17-16-,19-18-. The van der Waals surface area contributed by atoms with E-state index in [1.807, 2.05) is 42.5 Å². The average Bonchev–Trinajstić information content (AvgIpc) is 2.56. The molecule has 2 heteroatoms. The normalized spacial score (nSPS) is 13.0. The van der Waals surface area contributed by atoms with Crippen LogP contribution in [0.2, 0.25) is 0 Å². The predicted molar refractivity (Wildman–Crippen MR) is 105 cm³/mol. The smallest absolute Gasteiger partial charge is 0.303 e. The van der Waals surface area contributed by atoms with Crippen LogP contribution in [0.25, 0.3) is 0 Å². The van der Waals surface area contributed by atoms with Gasteiger partial charge < -0.3 is 5.11 Å². The molecule has 0 radical (unpaired) electrons. The van der Waals surface area contributed by atoms with Gasteiger partial charge in [0.15, 0.2) is 0 Å². The first-order valence-electron chi connectivity index (χ1n) is 8.94. The highest BCUT2D eigenvalue weighted by Gasteiger charge is 1.90. The van der Waals surface area contributed by atoms with Crippen LogP contribution in [0.3, 0.4) is 0 Å². The summed E-state index contributed by atoms with van der Waals surface area (Å²) in [4.78, 5) is 10.3. The van der Waals surface area contributed by atoms with Crippen molar-refractivity contribution in [3.05, 3.63) is 72.9 Å². The van der Waals surface area contributed by atoms with Crippen molar-refractivity contribution in [1.82, 2.24) is 0 Å². The first-order chi connectivity index (χ1) is 11.8. The lowest BCUT2D eigenvalue weighted by molar-refractivity contribution is -0.136. The summed E-state index contributed by atoms with van der Waals surface area (Å²) in [5.41, 5.74) is 0. The fourth-order valence-electron chi connectivity index (χ4n) is 1.90. The molecule has 0 fully saturated rings. The van der Waals surface area contributed by atoms with Crippen molar-refractivity contribution in [2.45, 2.75) is 58.3 Å². The fourth-order valence-corrected chi connectivity index (χ4v) is 1.90. The topological polar surface area (TPSA) is 37.3 Å². The lowest BCUT2D eigenvalue weighted by Crippen LogP contribution is -1.91. The summed E-state index contributed by atoms with van der Waals surface area (Å²) in [7, 11) is 0. The van der Waals surface area contributed by atoms with Crippen molar-refractivity contribution in [1.29, 1.82) is 0 Å². The molecule has 0 saturated carbocycles. The van der Waals surface area contributed by atoms with Crippen molar-refractivity contribution in [2.24, 2.45) is 0 Å². The molecule has 0 atom stereocenters. The molecule has 0 aromatic heterocycles. The zero-order chi connectivity index (χ0) is 17.7. The van der Waals surface area contributed by atoms with E-state index >= 15 is 0 Å². The van der Waals surface area contributed by atoms with E-state index in [1.54, 1.807) is 0 Å². The van der Waals surface area contributed by atoms with Gasteiger partial charge in [0.25, 0.3) is 0 Å². The number of carboxylic acids is 1. The van der Waals surface area contributed by atoms with E-state index in [4.69, 9.17) is 5.11 Å². The van der Waals surface area contributed by atoms with Crippen LogP contribution in [0.15, 0.2) is 72.9 Å². The minimum absolute atomic E-state index is 0.187. The molecule has 0 spiro atoms. The van der Waals surface area contributed by atoms with Crippen LogP contribution in [0.5, 0.6) is 0 Å². The second-order valence-electron chi connectivity index (χ2n) is 5.43. The van der Waals surface area contributed by atoms with Crippen LogP contribution in [-0.2, 0) is 4.79 Å². The van der Waals surface area contributed by atoms with Gasteiger partial charge in [0.1, 0.15) is 0 Å². The van der Waals surface area contributed by atoms with Gasteiger partial charge in [-0.25, -0.2) is 0 Å². The van der Waals surface area contributed by atoms with Gasteiger partial charge in [0.05, 0.1) is 0 Å². The number of unbranched alkanes of at least 4 members (excludes halogenated alkanes) is 3. The maximum atomic E-state index is 10.3. The number of carbonyl (C=O) groups is 1. The number of carboxylic acid groups (broad SMARTS) is 1. The van der Waals surface area contributed by atoms with E-state index in [2.05, 4.69) is 37.3 Å². The molecule has 0 aromatic carbocycles. The van der Waals surface area contributed by atoms with Crippen LogP contribution in [0.4, 0.5) is 0 Å². The summed E-state index contributed by atoms with van der Waals surface area (Å²) in [6.07, 6.45) is 32.5. The number of aliphatic carboxylic acids is 1. The van der Waals surface area contributed by atoms with E-state index in [1.165, 1.54) is 25.7 Å². The van der Waals surface area contributed by atoms with Crippen LogP contribution >= 0.6 is 0 Å². The largest absolute Gasteiger partial charge is 0.481 e. The Bertz CT molecular complexity index is 462. The zero-order valence-electron chi connectivity index (χ0n) is 14.9. The van der Waals surface area contributed by atoms with Crippen molar-refractivity contribution >= 4 is 5.97 Å². The molecule has 0 amide bonds. The van der Waals surface area contributed by atoms with Crippen molar-refractivity contribution in [2.75, 3.05) is 0 Å². The molecule has 0 aromatic rings. The Hall–Kier alpha value is -2.09. The van der Waals surface area contributed by atoms with E-state index in [9.17, 15) is 4.79 Å². The fraction of sp³-hybridized carbons (Fsp3) is 0.409. The van der Waals surface area contributed by atoms with E-state index in [-0.39, 0.29) is 6.42 Å². The SMILES string of the molecule is CC/C=C\CCCC/C=C\C\C=C/C=C/C=C\C=C/CCC(=O)O. The van der Waals surface area contributed by atoms with Crippen LogP contribution in [0, 0.1) is 0 Å². The summed E-state index contributed by atoms with van der Waals surface area (Å²) < 4.78 is 0. The van der Waals surface area contributed by atoms with Gasteiger partial charge >= 0.3 is 5.97 Å². The monoisotopic (exact) mass is 328 g/mol. The molecule has 0 unspecified atom stereocenters. The van der Waals surface area contributed by atoms with E-state index in [0.29, 0.717) is 6.42 Å². The predicted octanol–water partition coefficient (Wildman–Crippen LogP) is 6.55. The van der Waals surface area contributed by atoms with Crippen molar-refractivity contribution in [3.8, 4) is 0 Å². The second-order valence-corrected chi connectivity index (χ2v) is 5.43. The quantitative estimate of drug-likeness (QED) is 0.223. The first-order valence-corrected chi connectivity index (χ1v) is 8.94. The van der Waals surface area contributed by atoms with E-state index in [0.717, 1.165) is 12.8 Å². The van der Waals surface area contributed by atoms with Gasteiger partial charge in [0.2, 0.25) is 0 Å². The summed E-state index contributed by atoms with van der Waals surface area (Å²) in [6, 6.07) is 0. The molecule has 0 bridgehead atoms. The summed E-state index contributed by atoms with van der Waals surface area (Å²) in [6.45, 7) is 2.17. The van der Waals surface area contributed by atoms with Crippen molar-refractivity contribution in [3.63, 3.8) is 0 Å². The minimum Gasteiger partial charge on any atom is -0.481 e. The maximum absolute atomic E-state index is 10.3. The lowest BCUT2D eigenvalue weighted by Gasteiger charge is -1.92. The lowest BCUT2D eigenvalue weighted by atomic mass is 10.1. The molecule has 0 aliphatic heterocycles. The Balaban J connectivity index is 3.55. The Morgan fingerprint density at radius 2 is 1.29 bits per heavy atom. The summed E-state index contributed by atoms with van der Waals surface area (Å²) >= 11 is 0. The highest BCUT2D eigenvalue weighted by atomic mass is 16.4. The third kappa shape index (κ3) is 19.9. The molecule has 24 heavy (non-hydrogen) atoms. The average molecular weight is 328 g/mol. The number of allylic oxidation sites excluding steroid dienone is 12. The molecule has 0 saturated heterocycles. The molecule has 2 nitrogen and oxygen atoms in total.